The van der Waals surface area contributed by atoms with E-state index in [0.717, 1.165) is 20.5 Å². The van der Waals surface area contributed by atoms with Gasteiger partial charge in [0.25, 0.3) is 11.8 Å². The number of halogens is 2. The Balaban J connectivity index is 2.23. The number of benzene rings is 2. The van der Waals surface area contributed by atoms with Crippen LogP contribution in [0, 0.1) is 13.8 Å². The topological polar surface area (TPSA) is 37.4 Å². The minimum atomic E-state index is -0.323. The van der Waals surface area contributed by atoms with Gasteiger partial charge in [0.2, 0.25) is 0 Å². The van der Waals surface area contributed by atoms with Crippen molar-refractivity contribution in [3.63, 3.8) is 0 Å². The molecule has 3 nitrogen and oxygen atoms in total. The molecule has 1 heterocycles. The van der Waals surface area contributed by atoms with Gasteiger partial charge < -0.3 is 0 Å². The summed E-state index contributed by atoms with van der Waals surface area (Å²) < 4.78 is 0.756. The number of fused-ring (bicyclic) bond motifs is 1. The lowest BCUT2D eigenvalue weighted by molar-refractivity contribution is 0.0926. The Hall–Kier alpha value is -1.65. The molecular formula is C16H11BrClNO2. The predicted octanol–water partition coefficient (Wildman–Crippen LogP) is 4.52. The molecule has 2 aromatic carbocycles. The third-order valence-corrected chi connectivity index (χ3v) is 4.42. The monoisotopic (exact) mass is 363 g/mol. The molecule has 0 unspecified atom stereocenters. The van der Waals surface area contributed by atoms with Gasteiger partial charge in [-0.1, -0.05) is 39.7 Å². The molecule has 1 aliphatic rings. The highest BCUT2D eigenvalue weighted by atomic mass is 79.9. The predicted molar refractivity (Wildman–Crippen MR) is 86.2 cm³/mol. The Bertz CT molecular complexity index is 760. The standard InChI is InChI=1S/C16H11BrClNO2/c1-8-3-4-9(2)14-13(8)15(20)19(16(14)21)12-7-10(17)5-6-11(12)18/h3-7H,1-2H3. The first-order valence-electron chi connectivity index (χ1n) is 6.36. The molecule has 2 aromatic rings. The lowest BCUT2D eigenvalue weighted by atomic mass is 9.99. The molecule has 0 atom stereocenters. The van der Waals surface area contributed by atoms with Crippen molar-refractivity contribution >= 4 is 45.0 Å². The fourth-order valence-corrected chi connectivity index (χ4v) is 3.11. The van der Waals surface area contributed by atoms with Crippen molar-refractivity contribution in [1.82, 2.24) is 0 Å². The average molecular weight is 365 g/mol. The highest BCUT2D eigenvalue weighted by Crippen LogP contribution is 2.37. The number of hydrogen-bond donors (Lipinski definition) is 0. The maximum Gasteiger partial charge on any atom is 0.266 e. The van der Waals surface area contributed by atoms with Gasteiger partial charge in [0.15, 0.2) is 0 Å². The summed E-state index contributed by atoms with van der Waals surface area (Å²) in [7, 11) is 0. The number of rotatable bonds is 1. The summed E-state index contributed by atoms with van der Waals surface area (Å²) in [5.74, 6) is -0.646. The second kappa shape index (κ2) is 4.97. The minimum Gasteiger partial charge on any atom is -0.268 e. The van der Waals surface area contributed by atoms with E-state index in [2.05, 4.69) is 15.9 Å². The lowest BCUT2D eigenvalue weighted by Gasteiger charge is -2.16. The van der Waals surface area contributed by atoms with Gasteiger partial charge in [-0.25, -0.2) is 4.90 Å². The molecule has 0 spiro atoms. The normalized spacial score (nSPS) is 13.8. The first kappa shape index (κ1) is 14.3. The third kappa shape index (κ3) is 2.10. The lowest BCUT2D eigenvalue weighted by Crippen LogP contribution is -2.29. The van der Waals surface area contributed by atoms with Gasteiger partial charge in [-0.05, 0) is 43.2 Å². The minimum absolute atomic E-state index is 0.323. The van der Waals surface area contributed by atoms with Crippen molar-refractivity contribution in [3.8, 4) is 0 Å². The van der Waals surface area contributed by atoms with Crippen LogP contribution in [-0.4, -0.2) is 11.8 Å². The van der Waals surface area contributed by atoms with E-state index in [4.69, 9.17) is 11.6 Å². The number of nitrogens with zero attached hydrogens (tertiary/aromatic N) is 1. The van der Waals surface area contributed by atoms with Crippen LogP contribution in [0.4, 0.5) is 5.69 Å². The van der Waals surface area contributed by atoms with E-state index in [9.17, 15) is 9.59 Å². The van der Waals surface area contributed by atoms with E-state index in [1.807, 2.05) is 26.0 Å². The Morgan fingerprint density at radius 3 is 2.00 bits per heavy atom. The number of amides is 2. The molecule has 0 saturated heterocycles. The summed E-state index contributed by atoms with van der Waals surface area (Å²) >= 11 is 9.50. The molecule has 5 heteroatoms. The van der Waals surface area contributed by atoms with Crippen molar-refractivity contribution < 1.29 is 9.59 Å². The summed E-state index contributed by atoms with van der Waals surface area (Å²) in [5, 5.41) is 0.364. The van der Waals surface area contributed by atoms with Gasteiger partial charge in [0, 0.05) is 4.47 Å². The molecule has 0 fully saturated rings. The van der Waals surface area contributed by atoms with Crippen LogP contribution in [0.1, 0.15) is 31.8 Å². The van der Waals surface area contributed by atoms with Crippen LogP contribution in [0.2, 0.25) is 5.02 Å². The number of aryl methyl sites for hydroxylation is 2. The van der Waals surface area contributed by atoms with Crippen molar-refractivity contribution in [2.45, 2.75) is 13.8 Å². The van der Waals surface area contributed by atoms with Crippen LogP contribution >= 0.6 is 27.5 Å². The number of carbonyl (C=O) groups is 2. The zero-order chi connectivity index (χ0) is 15.3. The van der Waals surface area contributed by atoms with Crippen molar-refractivity contribution in [1.29, 1.82) is 0 Å². The van der Waals surface area contributed by atoms with Gasteiger partial charge in [0.1, 0.15) is 0 Å². The summed E-state index contributed by atoms with van der Waals surface area (Å²) in [5.41, 5.74) is 2.92. The molecule has 0 radical (unpaired) electrons. The third-order valence-electron chi connectivity index (χ3n) is 3.61. The SMILES string of the molecule is Cc1ccc(C)c2c1C(=O)N(c1cc(Br)ccc1Cl)C2=O. The molecule has 0 aliphatic carbocycles. The van der Waals surface area contributed by atoms with E-state index in [1.54, 1.807) is 18.2 Å². The van der Waals surface area contributed by atoms with Gasteiger partial charge in [-0.3, -0.25) is 9.59 Å². The van der Waals surface area contributed by atoms with Crippen LogP contribution < -0.4 is 4.90 Å². The Kier molecular flexibility index (Phi) is 3.38. The second-order valence-electron chi connectivity index (χ2n) is 4.99. The molecule has 21 heavy (non-hydrogen) atoms. The Morgan fingerprint density at radius 2 is 1.48 bits per heavy atom. The number of carbonyl (C=O) groups excluding carboxylic acids is 2. The van der Waals surface area contributed by atoms with Gasteiger partial charge in [-0.15, -0.1) is 0 Å². The maximum absolute atomic E-state index is 12.7. The fourth-order valence-electron chi connectivity index (χ4n) is 2.55. The van der Waals surface area contributed by atoms with Gasteiger partial charge in [0.05, 0.1) is 21.8 Å². The molecule has 0 bridgehead atoms. The van der Waals surface area contributed by atoms with E-state index in [-0.39, 0.29) is 11.8 Å². The van der Waals surface area contributed by atoms with Crippen LogP contribution in [-0.2, 0) is 0 Å². The fraction of sp³-hybridized carbons (Fsp3) is 0.125. The molecule has 0 N–H and O–H groups in total. The highest BCUT2D eigenvalue weighted by Gasteiger charge is 2.39. The summed E-state index contributed by atoms with van der Waals surface area (Å²) in [6.07, 6.45) is 0. The zero-order valence-electron chi connectivity index (χ0n) is 11.4. The first-order chi connectivity index (χ1) is 9.91. The molecular weight excluding hydrogens is 354 g/mol. The smallest absolute Gasteiger partial charge is 0.266 e. The largest absolute Gasteiger partial charge is 0.268 e. The summed E-state index contributed by atoms with van der Waals surface area (Å²) in [6.45, 7) is 3.66. The quantitative estimate of drug-likeness (QED) is 0.698. The number of imide groups is 1. The van der Waals surface area contributed by atoms with Crippen molar-refractivity contribution in [2.75, 3.05) is 4.90 Å². The van der Waals surface area contributed by atoms with Crippen molar-refractivity contribution in [2.24, 2.45) is 0 Å². The molecule has 0 saturated carbocycles. The van der Waals surface area contributed by atoms with E-state index >= 15 is 0 Å². The molecule has 3 rings (SSSR count). The number of hydrogen-bond acceptors (Lipinski definition) is 2. The molecule has 106 valence electrons. The maximum atomic E-state index is 12.7. The second-order valence-corrected chi connectivity index (χ2v) is 6.31. The molecule has 2 amide bonds. The Labute approximate surface area is 135 Å². The van der Waals surface area contributed by atoms with Crippen LogP contribution in [0.5, 0.6) is 0 Å². The van der Waals surface area contributed by atoms with Crippen LogP contribution in [0.25, 0.3) is 0 Å². The summed E-state index contributed by atoms with van der Waals surface area (Å²) in [4.78, 5) is 26.5. The van der Waals surface area contributed by atoms with E-state index in [0.29, 0.717) is 21.8 Å². The van der Waals surface area contributed by atoms with Crippen LogP contribution in [0.15, 0.2) is 34.8 Å². The first-order valence-corrected chi connectivity index (χ1v) is 7.53. The Morgan fingerprint density at radius 1 is 0.952 bits per heavy atom. The van der Waals surface area contributed by atoms with E-state index in [1.165, 1.54) is 0 Å². The van der Waals surface area contributed by atoms with Gasteiger partial charge >= 0.3 is 0 Å². The zero-order valence-corrected chi connectivity index (χ0v) is 13.7. The highest BCUT2D eigenvalue weighted by molar-refractivity contribution is 9.10. The molecule has 0 aromatic heterocycles. The summed E-state index contributed by atoms with van der Waals surface area (Å²) in [6, 6.07) is 8.80. The number of anilines is 1. The average Bonchev–Trinajstić information content (AvgIpc) is 2.70. The molecule has 1 aliphatic heterocycles. The van der Waals surface area contributed by atoms with E-state index < -0.39 is 0 Å². The van der Waals surface area contributed by atoms with Crippen LogP contribution in [0.3, 0.4) is 0 Å². The van der Waals surface area contributed by atoms with Crippen molar-refractivity contribution in [3.05, 3.63) is 62.1 Å². The van der Waals surface area contributed by atoms with Gasteiger partial charge in [-0.2, -0.15) is 0 Å².